The molecule has 0 radical (unpaired) electrons. The Morgan fingerprint density at radius 1 is 1.05 bits per heavy atom. The van der Waals surface area contributed by atoms with Gasteiger partial charge in [-0.3, -0.25) is 0 Å². The average Bonchev–Trinajstić information content (AvgIpc) is 3.01. The predicted octanol–water partition coefficient (Wildman–Crippen LogP) is 3.62. The van der Waals surface area contributed by atoms with Gasteiger partial charge in [0.1, 0.15) is 5.82 Å². The Bertz CT molecular complexity index is 675. The van der Waals surface area contributed by atoms with E-state index in [1.54, 1.807) is 24.7 Å². The fourth-order valence-corrected chi connectivity index (χ4v) is 2.00. The second-order valence-electron chi connectivity index (χ2n) is 4.47. The van der Waals surface area contributed by atoms with Gasteiger partial charge in [0, 0.05) is 24.6 Å². The minimum atomic E-state index is -0.234. The molecular formula is C16H14FN3. The van der Waals surface area contributed by atoms with Crippen molar-refractivity contribution in [2.75, 3.05) is 5.32 Å². The summed E-state index contributed by atoms with van der Waals surface area (Å²) in [6.45, 7) is 0.588. The van der Waals surface area contributed by atoms with E-state index in [0.29, 0.717) is 12.2 Å². The third kappa shape index (κ3) is 2.69. The lowest BCUT2D eigenvalue weighted by Gasteiger charge is -2.08. The van der Waals surface area contributed by atoms with Crippen molar-refractivity contribution in [3.05, 3.63) is 78.6 Å². The minimum absolute atomic E-state index is 0.234. The van der Waals surface area contributed by atoms with E-state index < -0.39 is 0 Å². The number of anilines is 1. The van der Waals surface area contributed by atoms with Gasteiger partial charge in [-0.15, -0.1) is 0 Å². The summed E-state index contributed by atoms with van der Waals surface area (Å²) in [5.74, 6) is -0.234. The summed E-state index contributed by atoms with van der Waals surface area (Å²) in [6, 6.07) is 14.7. The monoisotopic (exact) mass is 267 g/mol. The smallest absolute Gasteiger partial charge is 0.146 e. The molecule has 1 aromatic heterocycles. The molecule has 0 saturated heterocycles. The SMILES string of the molecule is Fc1ccccc1NCc1ccc(-n2ccnc2)cc1. The number of para-hydroxylation sites is 1. The number of rotatable bonds is 4. The number of halogens is 1. The largest absolute Gasteiger partial charge is 0.379 e. The fourth-order valence-electron chi connectivity index (χ4n) is 2.00. The van der Waals surface area contributed by atoms with Gasteiger partial charge in [0.05, 0.1) is 12.0 Å². The van der Waals surface area contributed by atoms with Crippen molar-refractivity contribution in [1.82, 2.24) is 9.55 Å². The highest BCUT2D eigenvalue weighted by molar-refractivity contribution is 5.45. The molecule has 2 aromatic carbocycles. The predicted molar refractivity (Wildman–Crippen MR) is 77.3 cm³/mol. The first-order valence-corrected chi connectivity index (χ1v) is 6.38. The van der Waals surface area contributed by atoms with E-state index in [-0.39, 0.29) is 5.82 Å². The second kappa shape index (κ2) is 5.57. The summed E-state index contributed by atoms with van der Waals surface area (Å²) in [7, 11) is 0. The molecule has 0 aliphatic heterocycles. The maximum absolute atomic E-state index is 13.5. The fraction of sp³-hybridized carbons (Fsp3) is 0.0625. The first kappa shape index (κ1) is 12.4. The van der Waals surface area contributed by atoms with Crippen LogP contribution in [0.1, 0.15) is 5.56 Å². The number of benzene rings is 2. The van der Waals surface area contributed by atoms with Gasteiger partial charge in [0.25, 0.3) is 0 Å². The van der Waals surface area contributed by atoms with Crippen LogP contribution in [-0.4, -0.2) is 9.55 Å². The van der Waals surface area contributed by atoms with Gasteiger partial charge in [-0.05, 0) is 29.8 Å². The second-order valence-corrected chi connectivity index (χ2v) is 4.47. The molecule has 3 rings (SSSR count). The molecule has 1 heterocycles. The molecule has 20 heavy (non-hydrogen) atoms. The Morgan fingerprint density at radius 2 is 1.85 bits per heavy atom. The van der Waals surface area contributed by atoms with Gasteiger partial charge in [0.15, 0.2) is 0 Å². The highest BCUT2D eigenvalue weighted by Gasteiger charge is 2.00. The summed E-state index contributed by atoms with van der Waals surface area (Å²) < 4.78 is 15.4. The third-order valence-electron chi connectivity index (χ3n) is 3.10. The van der Waals surface area contributed by atoms with E-state index in [4.69, 9.17) is 0 Å². The topological polar surface area (TPSA) is 29.9 Å². The van der Waals surface area contributed by atoms with E-state index in [1.165, 1.54) is 6.07 Å². The van der Waals surface area contributed by atoms with Gasteiger partial charge in [0.2, 0.25) is 0 Å². The number of aromatic nitrogens is 2. The summed E-state index contributed by atoms with van der Waals surface area (Å²) in [6.07, 6.45) is 5.40. The molecule has 0 unspecified atom stereocenters. The molecule has 100 valence electrons. The van der Waals surface area contributed by atoms with Crippen molar-refractivity contribution in [3.63, 3.8) is 0 Å². The molecule has 0 atom stereocenters. The maximum atomic E-state index is 13.5. The zero-order valence-corrected chi connectivity index (χ0v) is 10.8. The Kier molecular flexibility index (Phi) is 3.46. The molecule has 1 N–H and O–H groups in total. The third-order valence-corrected chi connectivity index (χ3v) is 3.10. The Balaban J connectivity index is 1.68. The van der Waals surface area contributed by atoms with Crippen LogP contribution in [0, 0.1) is 5.82 Å². The molecule has 3 aromatic rings. The summed E-state index contributed by atoms with van der Waals surface area (Å²) in [5, 5.41) is 3.09. The van der Waals surface area contributed by atoms with Gasteiger partial charge in [-0.2, -0.15) is 0 Å². The van der Waals surface area contributed by atoms with Crippen LogP contribution in [0.2, 0.25) is 0 Å². The molecule has 0 aliphatic carbocycles. The highest BCUT2D eigenvalue weighted by atomic mass is 19.1. The van der Waals surface area contributed by atoms with Crippen molar-refractivity contribution < 1.29 is 4.39 Å². The summed E-state index contributed by atoms with van der Waals surface area (Å²) >= 11 is 0. The van der Waals surface area contributed by atoms with Gasteiger partial charge in [-0.25, -0.2) is 9.37 Å². The number of nitrogens with zero attached hydrogens (tertiary/aromatic N) is 2. The molecule has 3 nitrogen and oxygen atoms in total. The Morgan fingerprint density at radius 3 is 2.55 bits per heavy atom. The molecule has 0 fully saturated rings. The Labute approximate surface area is 116 Å². The van der Waals surface area contributed by atoms with Crippen molar-refractivity contribution in [3.8, 4) is 5.69 Å². The van der Waals surface area contributed by atoms with Crippen molar-refractivity contribution in [1.29, 1.82) is 0 Å². The maximum Gasteiger partial charge on any atom is 0.146 e. The molecule has 0 saturated carbocycles. The molecule has 0 aliphatic rings. The number of imidazole rings is 1. The van der Waals surface area contributed by atoms with E-state index in [1.807, 2.05) is 41.1 Å². The summed E-state index contributed by atoms with van der Waals surface area (Å²) in [4.78, 5) is 4.02. The lowest BCUT2D eigenvalue weighted by molar-refractivity contribution is 0.630. The van der Waals surface area contributed by atoms with Crippen molar-refractivity contribution in [2.24, 2.45) is 0 Å². The van der Waals surface area contributed by atoms with E-state index >= 15 is 0 Å². The molecule has 0 amide bonds. The highest BCUT2D eigenvalue weighted by Crippen LogP contribution is 2.15. The van der Waals surface area contributed by atoms with Crippen LogP contribution in [0.25, 0.3) is 5.69 Å². The first-order chi connectivity index (χ1) is 9.83. The number of hydrogen-bond acceptors (Lipinski definition) is 2. The quantitative estimate of drug-likeness (QED) is 0.782. The van der Waals surface area contributed by atoms with Crippen molar-refractivity contribution in [2.45, 2.75) is 6.54 Å². The normalized spacial score (nSPS) is 10.4. The van der Waals surface area contributed by atoms with E-state index in [9.17, 15) is 4.39 Å². The number of nitrogens with one attached hydrogen (secondary N) is 1. The van der Waals surface area contributed by atoms with Gasteiger partial charge < -0.3 is 9.88 Å². The van der Waals surface area contributed by atoms with Crippen LogP contribution < -0.4 is 5.32 Å². The summed E-state index contributed by atoms with van der Waals surface area (Å²) in [5.41, 5.74) is 2.67. The lowest BCUT2D eigenvalue weighted by atomic mass is 10.2. The van der Waals surface area contributed by atoms with Crippen LogP contribution in [-0.2, 0) is 6.54 Å². The lowest BCUT2D eigenvalue weighted by Crippen LogP contribution is -2.01. The molecule has 0 bridgehead atoms. The zero-order valence-electron chi connectivity index (χ0n) is 10.8. The minimum Gasteiger partial charge on any atom is -0.379 e. The van der Waals surface area contributed by atoms with Crippen LogP contribution in [0.5, 0.6) is 0 Å². The van der Waals surface area contributed by atoms with Gasteiger partial charge in [-0.1, -0.05) is 24.3 Å². The van der Waals surface area contributed by atoms with Crippen LogP contribution in [0.3, 0.4) is 0 Å². The molecule has 0 spiro atoms. The first-order valence-electron chi connectivity index (χ1n) is 6.38. The van der Waals surface area contributed by atoms with Gasteiger partial charge >= 0.3 is 0 Å². The Hall–Kier alpha value is -2.62. The average molecular weight is 267 g/mol. The molecule has 4 heteroatoms. The van der Waals surface area contributed by atoms with Crippen LogP contribution >= 0.6 is 0 Å². The zero-order chi connectivity index (χ0) is 13.8. The van der Waals surface area contributed by atoms with Crippen molar-refractivity contribution >= 4 is 5.69 Å². The molecular weight excluding hydrogens is 253 g/mol. The van der Waals surface area contributed by atoms with Crippen LogP contribution in [0.4, 0.5) is 10.1 Å². The van der Waals surface area contributed by atoms with E-state index in [2.05, 4.69) is 10.3 Å². The number of hydrogen-bond donors (Lipinski definition) is 1. The standard InChI is InChI=1S/C16H14FN3/c17-15-3-1-2-4-16(15)19-11-13-5-7-14(8-6-13)20-10-9-18-12-20/h1-10,12,19H,11H2. The van der Waals surface area contributed by atoms with E-state index in [0.717, 1.165) is 11.3 Å². The van der Waals surface area contributed by atoms with Crippen LogP contribution in [0.15, 0.2) is 67.3 Å².